The predicted octanol–water partition coefficient (Wildman–Crippen LogP) is 5.79. The molecule has 0 spiro atoms. The van der Waals surface area contributed by atoms with E-state index in [1.54, 1.807) is 0 Å². The van der Waals surface area contributed by atoms with Crippen LogP contribution in [0.15, 0.2) is 46.0 Å². The lowest BCUT2D eigenvalue weighted by Gasteiger charge is -2.27. The highest BCUT2D eigenvalue weighted by Crippen LogP contribution is 2.45. The maximum Gasteiger partial charge on any atom is 0.462 e. The number of nitrogens with zero attached hydrogens (tertiary/aromatic N) is 2. The number of halogens is 9. The largest absolute Gasteiger partial charge is 0.481 e. The Bertz CT molecular complexity index is 1010. The van der Waals surface area contributed by atoms with Gasteiger partial charge < -0.3 is 4.74 Å². The molecule has 174 valence electrons. The minimum atomic E-state index is -6.55. The van der Waals surface area contributed by atoms with E-state index in [0.29, 0.717) is 17.2 Å². The second kappa shape index (κ2) is 9.26. The monoisotopic (exact) mass is 535 g/mol. The zero-order valence-electron chi connectivity index (χ0n) is 15.3. The summed E-state index contributed by atoms with van der Waals surface area (Å²) in [5.41, 5.74) is -0.146. The first-order chi connectivity index (χ1) is 14.7. The molecule has 0 aliphatic heterocycles. The van der Waals surface area contributed by atoms with Gasteiger partial charge >= 0.3 is 23.8 Å². The molecule has 1 N–H and O–H groups in total. The maximum atomic E-state index is 13.2. The van der Waals surface area contributed by atoms with Crippen molar-refractivity contribution in [3.05, 3.63) is 67.9 Å². The molecular weight excluding hydrogens is 526 g/mol. The molecule has 0 atom stereocenters. The van der Waals surface area contributed by atoms with Crippen molar-refractivity contribution in [1.82, 2.24) is 5.43 Å². The fourth-order valence-electron chi connectivity index (χ4n) is 2.12. The van der Waals surface area contributed by atoms with Crippen LogP contribution in [0, 0.1) is 15.9 Å². The summed E-state index contributed by atoms with van der Waals surface area (Å²) < 4.78 is 106. The van der Waals surface area contributed by atoms with E-state index in [0.717, 1.165) is 24.3 Å². The molecule has 0 bridgehead atoms. The van der Waals surface area contributed by atoms with E-state index in [1.807, 2.05) is 0 Å². The summed E-state index contributed by atoms with van der Waals surface area (Å²) in [6, 6.07) is 1.01. The number of hydrogen-bond donors (Lipinski definition) is 1. The van der Waals surface area contributed by atoms with Crippen LogP contribution in [0.4, 0.5) is 40.8 Å². The highest BCUT2D eigenvalue weighted by atomic mass is 79.9. The number of nitro benzene ring substituents is 1. The third-order valence-electron chi connectivity index (χ3n) is 3.71. The molecule has 6 nitrogen and oxygen atoms in total. The van der Waals surface area contributed by atoms with Crippen LogP contribution in [0.1, 0.15) is 11.1 Å². The van der Waals surface area contributed by atoms with E-state index in [4.69, 9.17) is 4.74 Å². The quantitative estimate of drug-likeness (QED) is 0.153. The molecule has 0 aliphatic rings. The van der Waals surface area contributed by atoms with Gasteiger partial charge in [-0.1, -0.05) is 12.1 Å². The Hall–Kier alpha value is -2.97. The Morgan fingerprint density at radius 3 is 2.22 bits per heavy atom. The highest BCUT2D eigenvalue weighted by molar-refractivity contribution is 9.10. The van der Waals surface area contributed by atoms with Crippen molar-refractivity contribution in [1.29, 1.82) is 0 Å². The molecule has 0 saturated carbocycles. The number of alkyl halides is 7. The van der Waals surface area contributed by atoms with Gasteiger partial charge in [0.1, 0.15) is 12.4 Å². The molecule has 2 rings (SSSR count). The van der Waals surface area contributed by atoms with Gasteiger partial charge in [0.15, 0.2) is 0 Å². The third-order valence-corrected chi connectivity index (χ3v) is 4.30. The fraction of sp³-hybridized carbons (Fsp3) is 0.235. The Morgan fingerprint density at radius 2 is 1.69 bits per heavy atom. The van der Waals surface area contributed by atoms with Crippen LogP contribution in [0.25, 0.3) is 0 Å². The van der Waals surface area contributed by atoms with E-state index in [9.17, 15) is 45.2 Å². The number of rotatable bonds is 8. The van der Waals surface area contributed by atoms with E-state index >= 15 is 0 Å². The molecule has 0 fully saturated rings. The second-order valence-corrected chi connectivity index (χ2v) is 6.89. The number of ether oxygens (including phenoxy) is 1. The van der Waals surface area contributed by atoms with Crippen LogP contribution >= 0.6 is 15.9 Å². The van der Waals surface area contributed by atoms with Gasteiger partial charge in [0.25, 0.3) is 0 Å². The lowest BCUT2D eigenvalue weighted by atomic mass is 10.2. The normalized spacial score (nSPS) is 12.8. The van der Waals surface area contributed by atoms with Crippen LogP contribution in [-0.4, -0.2) is 29.3 Å². The lowest BCUT2D eigenvalue weighted by Crippen LogP contribution is -2.58. The van der Waals surface area contributed by atoms with Crippen LogP contribution in [0.5, 0.6) is 5.75 Å². The standard InChI is InChI=1S/C17H10BrF8N3O3/c18-12-5-10(7-27-28-17(25,26)15(20,21)16(22,23)24)6-13(29(30)31)14(12)32-8-9-1-3-11(19)4-2-9/h1-7,28H,8H2/b27-7-. The molecule has 0 unspecified atom stereocenters. The van der Waals surface area contributed by atoms with E-state index in [1.165, 1.54) is 12.1 Å². The van der Waals surface area contributed by atoms with Gasteiger partial charge in [0.2, 0.25) is 5.75 Å². The molecule has 2 aromatic rings. The zero-order chi connectivity index (χ0) is 24.3. The van der Waals surface area contributed by atoms with Gasteiger partial charge in [-0.2, -0.15) is 35.8 Å². The zero-order valence-corrected chi connectivity index (χ0v) is 16.9. The third kappa shape index (κ3) is 5.63. The van der Waals surface area contributed by atoms with Gasteiger partial charge in [-0.3, -0.25) is 10.1 Å². The first-order valence-electron chi connectivity index (χ1n) is 8.13. The summed E-state index contributed by atoms with van der Waals surface area (Å²) >= 11 is 2.95. The lowest BCUT2D eigenvalue weighted by molar-refractivity contribution is -0.386. The van der Waals surface area contributed by atoms with Crippen molar-refractivity contribution in [2.45, 2.75) is 24.8 Å². The summed E-state index contributed by atoms with van der Waals surface area (Å²) in [5, 5.41) is 13.9. The molecule has 0 aromatic heterocycles. The van der Waals surface area contributed by atoms with Crippen LogP contribution in [0.2, 0.25) is 0 Å². The molecule has 0 aliphatic carbocycles. The van der Waals surface area contributed by atoms with Crippen LogP contribution in [0.3, 0.4) is 0 Å². The van der Waals surface area contributed by atoms with Crippen LogP contribution < -0.4 is 10.2 Å². The fourth-order valence-corrected chi connectivity index (χ4v) is 2.71. The Balaban J connectivity index is 2.23. The maximum absolute atomic E-state index is 13.2. The topological polar surface area (TPSA) is 76.8 Å². The number of nitro groups is 1. The SMILES string of the molecule is O=[N+]([O-])c1cc(/C=N\NC(F)(F)C(F)(F)C(F)(F)F)cc(Br)c1OCc1ccc(F)cc1. The Morgan fingerprint density at radius 1 is 1.09 bits per heavy atom. The van der Waals surface area contributed by atoms with Gasteiger partial charge in [-0.25, -0.2) is 9.82 Å². The van der Waals surface area contributed by atoms with Crippen molar-refractivity contribution < 1.29 is 44.8 Å². The molecule has 0 amide bonds. The summed E-state index contributed by atoms with van der Waals surface area (Å²) in [6.45, 7) is -0.215. The van der Waals surface area contributed by atoms with E-state index in [2.05, 4.69) is 21.0 Å². The predicted molar refractivity (Wildman–Crippen MR) is 98.2 cm³/mol. The number of benzene rings is 2. The Labute approximate surface area is 182 Å². The first kappa shape index (κ1) is 25.3. The molecular formula is C17H10BrF8N3O3. The molecule has 15 heteroatoms. The van der Waals surface area contributed by atoms with E-state index < -0.39 is 34.6 Å². The van der Waals surface area contributed by atoms with Gasteiger partial charge in [-0.15, -0.1) is 0 Å². The molecule has 32 heavy (non-hydrogen) atoms. The van der Waals surface area contributed by atoms with Crippen molar-refractivity contribution in [2.75, 3.05) is 0 Å². The van der Waals surface area contributed by atoms with Crippen molar-refractivity contribution in [2.24, 2.45) is 5.10 Å². The molecule has 2 aromatic carbocycles. The van der Waals surface area contributed by atoms with E-state index in [-0.39, 0.29) is 22.4 Å². The van der Waals surface area contributed by atoms with Gasteiger partial charge in [-0.05, 0) is 39.7 Å². The smallest absolute Gasteiger partial charge is 0.462 e. The number of hydrogen-bond acceptors (Lipinski definition) is 5. The number of hydrazone groups is 1. The molecule has 0 saturated heterocycles. The average Bonchev–Trinajstić information content (AvgIpc) is 2.67. The minimum absolute atomic E-state index is 0.0809. The number of nitrogens with one attached hydrogen (secondary N) is 1. The summed E-state index contributed by atoms with van der Waals surface area (Å²) in [4.78, 5) is 10.4. The second-order valence-electron chi connectivity index (χ2n) is 6.04. The van der Waals surface area contributed by atoms with Crippen molar-refractivity contribution in [3.8, 4) is 5.75 Å². The van der Waals surface area contributed by atoms with Crippen LogP contribution in [-0.2, 0) is 6.61 Å². The first-order valence-corrected chi connectivity index (χ1v) is 8.93. The van der Waals surface area contributed by atoms with Gasteiger partial charge in [0, 0.05) is 11.6 Å². The Kier molecular flexibility index (Phi) is 7.32. The summed E-state index contributed by atoms with van der Waals surface area (Å²) in [5.74, 6) is -7.25. The average molecular weight is 536 g/mol. The highest BCUT2D eigenvalue weighted by Gasteiger charge is 2.73. The van der Waals surface area contributed by atoms with Gasteiger partial charge in [0.05, 0.1) is 15.6 Å². The summed E-state index contributed by atoms with van der Waals surface area (Å²) in [7, 11) is 0. The molecule has 0 heterocycles. The van der Waals surface area contributed by atoms with Crippen molar-refractivity contribution >= 4 is 27.8 Å². The van der Waals surface area contributed by atoms with Crippen molar-refractivity contribution in [3.63, 3.8) is 0 Å². The minimum Gasteiger partial charge on any atom is -0.481 e. The summed E-state index contributed by atoms with van der Waals surface area (Å²) in [6.07, 6.45) is -6.17. The molecule has 0 radical (unpaired) electrons.